The number of rotatable bonds is 3. The summed E-state index contributed by atoms with van der Waals surface area (Å²) in [5.74, 6) is 1.45. The molecule has 0 saturated heterocycles. The van der Waals surface area contributed by atoms with Crippen molar-refractivity contribution in [3.8, 4) is 11.6 Å². The summed E-state index contributed by atoms with van der Waals surface area (Å²) in [7, 11) is 0. The van der Waals surface area contributed by atoms with Crippen LogP contribution in [-0.4, -0.2) is 19.5 Å². The Morgan fingerprint density at radius 1 is 0.846 bits per heavy atom. The van der Waals surface area contributed by atoms with Crippen LogP contribution >= 0.6 is 0 Å². The number of hydrogen-bond donors (Lipinski definition) is 0. The Morgan fingerprint density at radius 3 is 2.35 bits per heavy atom. The smallest absolute Gasteiger partial charge is 0.198 e. The number of aryl methyl sites for hydroxylation is 1. The minimum atomic E-state index is 0.627. The van der Waals surface area contributed by atoms with E-state index >= 15 is 0 Å². The van der Waals surface area contributed by atoms with Crippen LogP contribution in [0.15, 0.2) is 71.3 Å². The molecule has 0 spiro atoms. The molecule has 3 aromatic heterocycles. The predicted molar refractivity (Wildman–Crippen MR) is 101 cm³/mol. The molecule has 0 aliphatic carbocycles. The van der Waals surface area contributed by atoms with Crippen LogP contribution in [0.1, 0.15) is 11.1 Å². The van der Waals surface area contributed by atoms with Crippen molar-refractivity contribution >= 4 is 22.3 Å². The molecule has 0 radical (unpaired) electrons. The fraction of sp³-hybridized carbons (Fsp3) is 0.0952. The largest absolute Gasteiger partial charge is 0.461 e. The molecule has 26 heavy (non-hydrogen) atoms. The number of aromatic nitrogens is 4. The van der Waals surface area contributed by atoms with E-state index in [4.69, 9.17) is 14.4 Å². The van der Waals surface area contributed by atoms with Crippen LogP contribution in [0.25, 0.3) is 33.9 Å². The average Bonchev–Trinajstić information content (AvgIpc) is 3.30. The second-order valence-electron chi connectivity index (χ2n) is 6.34. The third-order valence-electron chi connectivity index (χ3n) is 4.46. The lowest BCUT2D eigenvalue weighted by Gasteiger charge is -2.08. The summed E-state index contributed by atoms with van der Waals surface area (Å²) >= 11 is 0. The van der Waals surface area contributed by atoms with Crippen molar-refractivity contribution in [2.75, 3.05) is 0 Å². The zero-order valence-corrected chi connectivity index (χ0v) is 14.3. The molecule has 0 amide bonds. The van der Waals surface area contributed by atoms with Gasteiger partial charge >= 0.3 is 0 Å². The van der Waals surface area contributed by atoms with Gasteiger partial charge in [0.15, 0.2) is 22.9 Å². The van der Waals surface area contributed by atoms with Gasteiger partial charge in [-0.15, -0.1) is 0 Å². The molecule has 5 heteroatoms. The van der Waals surface area contributed by atoms with Gasteiger partial charge in [-0.1, -0.05) is 42.0 Å². The van der Waals surface area contributed by atoms with Crippen molar-refractivity contribution in [3.63, 3.8) is 0 Å². The maximum Gasteiger partial charge on any atom is 0.198 e. The highest BCUT2D eigenvalue weighted by atomic mass is 16.3. The van der Waals surface area contributed by atoms with Gasteiger partial charge in [-0.3, -0.25) is 0 Å². The van der Waals surface area contributed by atoms with Gasteiger partial charge in [0.1, 0.15) is 0 Å². The molecule has 0 saturated carbocycles. The molecule has 2 aromatic carbocycles. The number of hydrogen-bond acceptors (Lipinski definition) is 4. The lowest BCUT2D eigenvalue weighted by atomic mass is 10.1. The molecule has 5 rings (SSSR count). The van der Waals surface area contributed by atoms with E-state index in [0.29, 0.717) is 18.0 Å². The number of fused-ring (bicyclic) bond motifs is 2. The van der Waals surface area contributed by atoms with Crippen molar-refractivity contribution in [2.45, 2.75) is 13.5 Å². The van der Waals surface area contributed by atoms with E-state index in [-0.39, 0.29) is 0 Å². The summed E-state index contributed by atoms with van der Waals surface area (Å²) < 4.78 is 7.67. The van der Waals surface area contributed by atoms with Crippen molar-refractivity contribution in [1.82, 2.24) is 19.5 Å². The van der Waals surface area contributed by atoms with E-state index in [1.807, 2.05) is 36.4 Å². The molecular weight excluding hydrogens is 324 g/mol. The van der Waals surface area contributed by atoms with Crippen LogP contribution in [0.5, 0.6) is 0 Å². The van der Waals surface area contributed by atoms with Gasteiger partial charge in [-0.2, -0.15) is 0 Å². The summed E-state index contributed by atoms with van der Waals surface area (Å²) in [5.41, 5.74) is 5.50. The molecule has 0 atom stereocenters. The summed E-state index contributed by atoms with van der Waals surface area (Å²) in [5, 5.41) is 0. The van der Waals surface area contributed by atoms with Crippen LogP contribution in [0.3, 0.4) is 0 Å². The van der Waals surface area contributed by atoms with Gasteiger partial charge in [0.05, 0.1) is 23.8 Å². The summed E-state index contributed by atoms with van der Waals surface area (Å²) in [4.78, 5) is 14.2. The van der Waals surface area contributed by atoms with E-state index < -0.39 is 0 Å². The quantitative estimate of drug-likeness (QED) is 0.482. The minimum Gasteiger partial charge on any atom is -0.461 e. The highest BCUT2D eigenvalue weighted by Gasteiger charge is 2.18. The molecule has 126 valence electrons. The van der Waals surface area contributed by atoms with Gasteiger partial charge in [0, 0.05) is 0 Å². The lowest BCUT2D eigenvalue weighted by Crippen LogP contribution is -2.03. The van der Waals surface area contributed by atoms with Crippen LogP contribution < -0.4 is 0 Å². The Labute approximate surface area is 150 Å². The first kappa shape index (κ1) is 14.8. The summed E-state index contributed by atoms with van der Waals surface area (Å²) in [6.07, 6.45) is 1.66. The number of benzene rings is 2. The zero-order valence-electron chi connectivity index (χ0n) is 14.3. The molecule has 0 fully saturated rings. The Hall–Kier alpha value is -3.47. The normalized spacial score (nSPS) is 11.4. The van der Waals surface area contributed by atoms with Crippen molar-refractivity contribution in [3.05, 3.63) is 78.1 Å². The third-order valence-corrected chi connectivity index (χ3v) is 4.46. The standard InChI is InChI=1S/C21H16N4O/c1-14-8-10-15(11-9-14)13-25-20(18-7-4-12-26-18)24-19-21(25)23-17-6-3-2-5-16(17)22-19/h2-12H,13H2,1H3. The van der Waals surface area contributed by atoms with Gasteiger partial charge in [0.2, 0.25) is 0 Å². The first-order valence-electron chi connectivity index (χ1n) is 8.50. The number of furan rings is 1. The summed E-state index contributed by atoms with van der Waals surface area (Å²) in [6.45, 7) is 2.74. The van der Waals surface area contributed by atoms with Crippen LogP contribution in [0.2, 0.25) is 0 Å². The first-order valence-corrected chi connectivity index (χ1v) is 8.50. The fourth-order valence-corrected chi connectivity index (χ4v) is 3.12. The first-order chi connectivity index (χ1) is 12.8. The topological polar surface area (TPSA) is 56.7 Å². The third kappa shape index (κ3) is 2.45. The monoisotopic (exact) mass is 340 g/mol. The minimum absolute atomic E-state index is 0.627. The van der Waals surface area contributed by atoms with E-state index in [1.165, 1.54) is 11.1 Å². The molecule has 0 aliphatic rings. The Bertz CT molecular complexity index is 1200. The fourth-order valence-electron chi connectivity index (χ4n) is 3.12. The number of para-hydroxylation sites is 2. The Kier molecular flexibility index (Phi) is 3.31. The Morgan fingerprint density at radius 2 is 1.62 bits per heavy atom. The van der Waals surface area contributed by atoms with E-state index in [0.717, 1.165) is 22.5 Å². The molecular formula is C21H16N4O. The van der Waals surface area contributed by atoms with Crippen LogP contribution in [-0.2, 0) is 6.54 Å². The molecule has 0 N–H and O–H groups in total. The number of imidazole rings is 1. The summed E-state index contributed by atoms with van der Waals surface area (Å²) in [6, 6.07) is 20.1. The van der Waals surface area contributed by atoms with Crippen molar-refractivity contribution in [1.29, 1.82) is 0 Å². The maximum atomic E-state index is 5.61. The van der Waals surface area contributed by atoms with Gasteiger partial charge in [0.25, 0.3) is 0 Å². The molecule has 0 bridgehead atoms. The molecule has 0 aliphatic heterocycles. The second kappa shape index (κ2) is 5.81. The molecule has 5 aromatic rings. The van der Waals surface area contributed by atoms with E-state index in [9.17, 15) is 0 Å². The number of nitrogens with zero attached hydrogens (tertiary/aromatic N) is 4. The zero-order chi connectivity index (χ0) is 17.5. The van der Waals surface area contributed by atoms with Gasteiger partial charge in [-0.25, -0.2) is 15.0 Å². The molecule has 5 nitrogen and oxygen atoms in total. The average molecular weight is 340 g/mol. The van der Waals surface area contributed by atoms with E-state index in [1.54, 1.807) is 6.26 Å². The van der Waals surface area contributed by atoms with Gasteiger partial charge < -0.3 is 8.98 Å². The SMILES string of the molecule is Cc1ccc(Cn2c(-c3ccco3)nc3nc4ccccc4nc32)cc1. The van der Waals surface area contributed by atoms with E-state index in [2.05, 4.69) is 40.7 Å². The molecule has 0 unspecified atom stereocenters. The van der Waals surface area contributed by atoms with Gasteiger partial charge in [-0.05, 0) is 36.8 Å². The maximum absolute atomic E-state index is 5.61. The second-order valence-corrected chi connectivity index (χ2v) is 6.34. The van der Waals surface area contributed by atoms with Crippen molar-refractivity contribution in [2.24, 2.45) is 0 Å². The lowest BCUT2D eigenvalue weighted by molar-refractivity contribution is 0.572. The van der Waals surface area contributed by atoms with Crippen LogP contribution in [0, 0.1) is 6.92 Å². The van der Waals surface area contributed by atoms with Crippen LogP contribution in [0.4, 0.5) is 0 Å². The Balaban J connectivity index is 1.75. The molecule has 3 heterocycles. The highest BCUT2D eigenvalue weighted by molar-refractivity contribution is 5.84. The highest BCUT2D eigenvalue weighted by Crippen LogP contribution is 2.26. The predicted octanol–water partition coefficient (Wildman–Crippen LogP) is 4.60. The van der Waals surface area contributed by atoms with Crippen molar-refractivity contribution < 1.29 is 4.42 Å².